The molecule has 0 aromatic heterocycles. The first-order chi connectivity index (χ1) is 16.7. The number of carbonyl (C=O) groups is 3. The highest BCUT2D eigenvalue weighted by molar-refractivity contribution is 7.99. The van der Waals surface area contributed by atoms with Crippen molar-refractivity contribution in [2.75, 3.05) is 24.7 Å². The zero-order valence-corrected chi connectivity index (χ0v) is 21.0. The Morgan fingerprint density at radius 3 is 2.17 bits per heavy atom. The van der Waals surface area contributed by atoms with Gasteiger partial charge in [-0.25, -0.2) is 4.79 Å². The van der Waals surface area contributed by atoms with E-state index < -0.39 is 23.0 Å². The quantitative estimate of drug-likeness (QED) is 0.500. The lowest BCUT2D eigenvalue weighted by Crippen LogP contribution is -2.54. The number of nitrogens with one attached hydrogen (secondary N) is 2. The van der Waals surface area contributed by atoms with E-state index in [4.69, 9.17) is 4.74 Å². The average Bonchev–Trinajstić information content (AvgIpc) is 3.15. The zero-order chi connectivity index (χ0) is 25.1. The summed E-state index contributed by atoms with van der Waals surface area (Å²) < 4.78 is 5.73. The van der Waals surface area contributed by atoms with Gasteiger partial charge in [0.2, 0.25) is 5.91 Å². The van der Waals surface area contributed by atoms with Crippen molar-refractivity contribution in [2.24, 2.45) is 5.41 Å². The Labute approximate surface area is 210 Å². The van der Waals surface area contributed by atoms with E-state index in [-0.39, 0.29) is 31.4 Å². The number of aliphatic carboxylic acids is 1. The molecule has 3 N–H and O–H groups in total. The number of amides is 2. The molecule has 2 amide bonds. The predicted octanol–water partition coefficient (Wildman–Crippen LogP) is 4.41. The summed E-state index contributed by atoms with van der Waals surface area (Å²) in [5.41, 5.74) is 2.85. The summed E-state index contributed by atoms with van der Waals surface area (Å²) in [6.07, 6.45) is 0.861. The molecule has 1 saturated heterocycles. The number of fused-ring (bicyclic) bond motifs is 3. The Balaban J connectivity index is 1.40. The summed E-state index contributed by atoms with van der Waals surface area (Å²) in [7, 11) is 0. The molecule has 4 rings (SSSR count). The van der Waals surface area contributed by atoms with E-state index in [1.807, 2.05) is 24.3 Å². The fourth-order valence-electron chi connectivity index (χ4n) is 4.72. The molecule has 1 fully saturated rings. The van der Waals surface area contributed by atoms with Gasteiger partial charge in [-0.05, 0) is 60.4 Å². The summed E-state index contributed by atoms with van der Waals surface area (Å²) in [5.74, 6) is 0.380. The van der Waals surface area contributed by atoms with E-state index in [9.17, 15) is 19.5 Å². The van der Waals surface area contributed by atoms with Gasteiger partial charge in [-0.2, -0.15) is 11.8 Å². The highest BCUT2D eigenvalue weighted by atomic mass is 32.2. The molecule has 2 aliphatic rings. The topological polar surface area (TPSA) is 105 Å². The SMILES string of the molecule is CC(C)(CNC(=O)CC1(NC(=O)OCC2c3ccccc3-c3ccccc32)CCSCC1)C(=O)O. The van der Waals surface area contributed by atoms with E-state index in [1.54, 1.807) is 25.6 Å². The van der Waals surface area contributed by atoms with Crippen molar-refractivity contribution in [3.63, 3.8) is 0 Å². The number of rotatable bonds is 8. The third-order valence-electron chi connectivity index (χ3n) is 6.97. The van der Waals surface area contributed by atoms with E-state index in [1.165, 1.54) is 11.1 Å². The normalized spacial score (nSPS) is 16.6. The van der Waals surface area contributed by atoms with Crippen molar-refractivity contribution in [2.45, 2.75) is 44.6 Å². The Bertz CT molecular complexity index is 1060. The summed E-state index contributed by atoms with van der Waals surface area (Å²) >= 11 is 1.79. The van der Waals surface area contributed by atoms with Crippen molar-refractivity contribution >= 4 is 29.7 Å². The van der Waals surface area contributed by atoms with Gasteiger partial charge in [-0.15, -0.1) is 0 Å². The minimum atomic E-state index is -1.06. The first-order valence-corrected chi connectivity index (χ1v) is 13.1. The smallest absolute Gasteiger partial charge is 0.407 e. The number of hydrogen-bond acceptors (Lipinski definition) is 5. The molecule has 7 nitrogen and oxygen atoms in total. The molecule has 1 heterocycles. The molecule has 1 aliphatic heterocycles. The van der Waals surface area contributed by atoms with E-state index >= 15 is 0 Å². The molecule has 1 aliphatic carbocycles. The van der Waals surface area contributed by atoms with Crippen molar-refractivity contribution in [3.8, 4) is 11.1 Å². The average molecular weight is 497 g/mol. The summed E-state index contributed by atoms with van der Waals surface area (Å²) in [6, 6.07) is 16.3. The van der Waals surface area contributed by atoms with Crippen LogP contribution in [-0.2, 0) is 14.3 Å². The van der Waals surface area contributed by atoms with Crippen molar-refractivity contribution < 1.29 is 24.2 Å². The molecule has 0 radical (unpaired) electrons. The van der Waals surface area contributed by atoms with Crippen LogP contribution in [0.2, 0.25) is 0 Å². The van der Waals surface area contributed by atoms with Gasteiger partial charge in [0.05, 0.1) is 11.0 Å². The van der Waals surface area contributed by atoms with Crippen LogP contribution in [0.3, 0.4) is 0 Å². The van der Waals surface area contributed by atoms with E-state index in [0.29, 0.717) is 12.8 Å². The fourth-order valence-corrected chi connectivity index (χ4v) is 6.00. The number of hydrogen-bond donors (Lipinski definition) is 3. The number of carbonyl (C=O) groups excluding carboxylic acids is 2. The Morgan fingerprint density at radius 2 is 1.60 bits per heavy atom. The van der Waals surface area contributed by atoms with Crippen LogP contribution >= 0.6 is 11.8 Å². The van der Waals surface area contributed by atoms with Gasteiger partial charge >= 0.3 is 12.1 Å². The Kier molecular flexibility index (Phi) is 7.40. The molecular formula is C27H32N2O5S. The molecule has 0 saturated carbocycles. The van der Waals surface area contributed by atoms with Crippen LogP contribution in [0, 0.1) is 5.41 Å². The first kappa shape index (κ1) is 25.1. The van der Waals surface area contributed by atoms with Crippen LogP contribution in [0.4, 0.5) is 4.79 Å². The Morgan fingerprint density at radius 1 is 1.03 bits per heavy atom. The number of carboxylic acids is 1. The molecular weight excluding hydrogens is 464 g/mol. The van der Waals surface area contributed by atoms with Crippen LogP contribution in [0.15, 0.2) is 48.5 Å². The van der Waals surface area contributed by atoms with Crippen LogP contribution in [0.5, 0.6) is 0 Å². The number of thioether (sulfide) groups is 1. The standard InChI is InChI=1S/C27H32N2O5S/c1-26(2,24(31)32)17-28-23(30)15-27(11-13-35-14-12-27)29-25(33)34-16-22-20-9-5-3-7-18(20)19-8-4-6-10-21(19)22/h3-10,22H,11-17H2,1-2H3,(H,28,30)(H,29,33)(H,31,32). The molecule has 0 atom stereocenters. The Hall–Kier alpha value is -3.00. The molecule has 0 bridgehead atoms. The monoisotopic (exact) mass is 496 g/mol. The molecule has 0 spiro atoms. The first-order valence-electron chi connectivity index (χ1n) is 11.9. The van der Waals surface area contributed by atoms with Crippen LogP contribution in [0.1, 0.15) is 50.2 Å². The highest BCUT2D eigenvalue weighted by Gasteiger charge is 2.38. The maximum atomic E-state index is 12.9. The number of alkyl carbamates (subject to hydrolysis) is 1. The summed E-state index contributed by atoms with van der Waals surface area (Å²) in [5, 5.41) is 15.0. The van der Waals surface area contributed by atoms with E-state index in [2.05, 4.69) is 34.9 Å². The molecule has 0 unspecified atom stereocenters. The lowest BCUT2D eigenvalue weighted by molar-refractivity contribution is -0.146. The summed E-state index contributed by atoms with van der Waals surface area (Å²) in [4.78, 5) is 37.0. The van der Waals surface area contributed by atoms with Crippen molar-refractivity contribution in [1.29, 1.82) is 0 Å². The van der Waals surface area contributed by atoms with Crippen LogP contribution in [-0.4, -0.2) is 53.3 Å². The van der Waals surface area contributed by atoms with Gasteiger partial charge in [0.15, 0.2) is 0 Å². The van der Waals surface area contributed by atoms with Crippen LogP contribution in [0.25, 0.3) is 11.1 Å². The third kappa shape index (κ3) is 5.64. The second-order valence-corrected chi connectivity index (χ2v) is 11.2. The zero-order valence-electron chi connectivity index (χ0n) is 20.1. The lowest BCUT2D eigenvalue weighted by atomic mass is 9.87. The van der Waals surface area contributed by atoms with Gasteiger partial charge in [0, 0.05) is 18.9 Å². The van der Waals surface area contributed by atoms with Gasteiger partial charge in [-0.3, -0.25) is 9.59 Å². The molecule has 8 heteroatoms. The van der Waals surface area contributed by atoms with Crippen molar-refractivity contribution in [1.82, 2.24) is 10.6 Å². The maximum absolute atomic E-state index is 12.9. The second-order valence-electron chi connectivity index (χ2n) is 9.99. The number of benzene rings is 2. The second kappa shape index (κ2) is 10.3. The largest absolute Gasteiger partial charge is 0.481 e. The number of ether oxygens (including phenoxy) is 1. The number of carboxylic acid groups (broad SMARTS) is 1. The third-order valence-corrected chi connectivity index (χ3v) is 7.95. The van der Waals surface area contributed by atoms with E-state index in [0.717, 1.165) is 22.6 Å². The van der Waals surface area contributed by atoms with Gasteiger partial charge < -0.3 is 20.5 Å². The lowest BCUT2D eigenvalue weighted by Gasteiger charge is -2.37. The fraction of sp³-hybridized carbons (Fsp3) is 0.444. The predicted molar refractivity (Wildman–Crippen MR) is 137 cm³/mol. The summed E-state index contributed by atoms with van der Waals surface area (Å²) in [6.45, 7) is 3.37. The van der Waals surface area contributed by atoms with Crippen LogP contribution < -0.4 is 10.6 Å². The van der Waals surface area contributed by atoms with Gasteiger partial charge in [0.25, 0.3) is 0 Å². The highest BCUT2D eigenvalue weighted by Crippen LogP contribution is 2.44. The van der Waals surface area contributed by atoms with Crippen molar-refractivity contribution in [3.05, 3.63) is 59.7 Å². The van der Waals surface area contributed by atoms with Gasteiger partial charge in [-0.1, -0.05) is 48.5 Å². The minimum Gasteiger partial charge on any atom is -0.481 e. The molecule has 186 valence electrons. The maximum Gasteiger partial charge on any atom is 0.407 e. The molecule has 35 heavy (non-hydrogen) atoms. The molecule has 2 aromatic rings. The minimum absolute atomic E-state index is 0.0247. The van der Waals surface area contributed by atoms with Gasteiger partial charge in [0.1, 0.15) is 6.61 Å². The molecule has 2 aromatic carbocycles.